The number of imidazole rings is 1. The molecule has 0 unspecified atom stereocenters. The van der Waals surface area contributed by atoms with Gasteiger partial charge in [0, 0.05) is 12.1 Å². The van der Waals surface area contributed by atoms with Crippen LogP contribution in [0, 0.1) is 0 Å². The number of sulfonamides is 1. The van der Waals surface area contributed by atoms with Crippen molar-refractivity contribution in [2.75, 3.05) is 17.6 Å². The van der Waals surface area contributed by atoms with Crippen molar-refractivity contribution in [1.29, 1.82) is 0 Å². The Morgan fingerprint density at radius 1 is 1.14 bits per heavy atom. The molecule has 1 N–H and O–H groups in total. The van der Waals surface area contributed by atoms with Gasteiger partial charge in [0.15, 0.2) is 22.9 Å². The van der Waals surface area contributed by atoms with Crippen LogP contribution in [0.4, 0.5) is 5.82 Å². The number of ether oxygens (including phenoxy) is 1. The Labute approximate surface area is 164 Å². The predicted molar refractivity (Wildman–Crippen MR) is 108 cm³/mol. The fourth-order valence-corrected chi connectivity index (χ4v) is 3.53. The maximum atomic E-state index is 11.6. The zero-order valence-corrected chi connectivity index (χ0v) is 17.2. The molecule has 28 heavy (non-hydrogen) atoms. The summed E-state index contributed by atoms with van der Waals surface area (Å²) >= 11 is 0. The third-order valence-corrected chi connectivity index (χ3v) is 4.83. The SMILES string of the molecule is CCOc1cccc(-c2nc3ncc(NS(C)(=O)=O)nc3n2C(CC)CC)n1. The van der Waals surface area contributed by atoms with Crippen LogP contribution in [0.15, 0.2) is 24.4 Å². The Morgan fingerprint density at radius 2 is 1.89 bits per heavy atom. The topological polar surface area (TPSA) is 112 Å². The molecule has 0 aliphatic rings. The summed E-state index contributed by atoms with van der Waals surface area (Å²) in [5, 5.41) is 0. The standard InChI is InChI=1S/C18H24N6O3S/c1-5-12(6-2)24-17(13-9-8-10-15(20-13)27-7-3)22-16-18(24)21-14(11-19-16)23-28(4,25)26/h8-12H,5-7H2,1-4H3,(H,21,23). The van der Waals surface area contributed by atoms with Crippen molar-refractivity contribution in [3.8, 4) is 17.4 Å². The van der Waals surface area contributed by atoms with Crippen molar-refractivity contribution < 1.29 is 13.2 Å². The van der Waals surface area contributed by atoms with Crippen LogP contribution in [-0.2, 0) is 10.0 Å². The lowest BCUT2D eigenvalue weighted by molar-refractivity contribution is 0.327. The lowest BCUT2D eigenvalue weighted by atomic mass is 10.1. The Morgan fingerprint density at radius 3 is 2.54 bits per heavy atom. The molecule has 9 nitrogen and oxygen atoms in total. The van der Waals surface area contributed by atoms with Gasteiger partial charge in [0.05, 0.1) is 19.1 Å². The molecule has 0 amide bonds. The Bertz CT molecular complexity index is 1080. The maximum absolute atomic E-state index is 11.6. The summed E-state index contributed by atoms with van der Waals surface area (Å²) in [5.41, 5.74) is 1.60. The van der Waals surface area contributed by atoms with Gasteiger partial charge in [0.2, 0.25) is 15.9 Å². The summed E-state index contributed by atoms with van der Waals surface area (Å²) in [6.07, 6.45) is 4.14. The number of rotatable bonds is 8. The van der Waals surface area contributed by atoms with Gasteiger partial charge in [0.1, 0.15) is 5.69 Å². The van der Waals surface area contributed by atoms with Gasteiger partial charge in [-0.3, -0.25) is 4.72 Å². The fraction of sp³-hybridized carbons (Fsp3) is 0.444. The van der Waals surface area contributed by atoms with Crippen molar-refractivity contribution in [3.05, 3.63) is 24.4 Å². The van der Waals surface area contributed by atoms with Crippen LogP contribution in [-0.4, -0.2) is 45.8 Å². The molecule has 0 bridgehead atoms. The van der Waals surface area contributed by atoms with Crippen molar-refractivity contribution in [1.82, 2.24) is 24.5 Å². The van der Waals surface area contributed by atoms with E-state index in [2.05, 4.69) is 38.5 Å². The maximum Gasteiger partial charge on any atom is 0.231 e. The number of hydrogen-bond donors (Lipinski definition) is 1. The Balaban J connectivity index is 2.21. The minimum Gasteiger partial charge on any atom is -0.478 e. The van der Waals surface area contributed by atoms with Crippen molar-refractivity contribution in [2.45, 2.75) is 39.7 Å². The molecule has 0 aromatic carbocycles. The van der Waals surface area contributed by atoms with Gasteiger partial charge >= 0.3 is 0 Å². The Kier molecular flexibility index (Phi) is 5.78. The zero-order chi connectivity index (χ0) is 20.3. The third-order valence-electron chi connectivity index (χ3n) is 4.25. The molecule has 0 saturated carbocycles. The van der Waals surface area contributed by atoms with Gasteiger partial charge in [-0.1, -0.05) is 19.9 Å². The summed E-state index contributed by atoms with van der Waals surface area (Å²) < 4.78 is 33.0. The highest BCUT2D eigenvalue weighted by atomic mass is 32.2. The van der Waals surface area contributed by atoms with Gasteiger partial charge < -0.3 is 9.30 Å². The first-order valence-electron chi connectivity index (χ1n) is 9.19. The van der Waals surface area contributed by atoms with Gasteiger partial charge in [-0.25, -0.2) is 28.4 Å². The highest BCUT2D eigenvalue weighted by Gasteiger charge is 2.22. The second kappa shape index (κ2) is 8.09. The van der Waals surface area contributed by atoms with E-state index in [0.717, 1.165) is 19.1 Å². The summed E-state index contributed by atoms with van der Waals surface area (Å²) in [7, 11) is -3.46. The molecule has 3 rings (SSSR count). The van der Waals surface area contributed by atoms with Crippen molar-refractivity contribution in [3.63, 3.8) is 0 Å². The molecule has 150 valence electrons. The fourth-order valence-electron chi connectivity index (χ4n) is 3.06. The molecule has 3 aromatic heterocycles. The second-order valence-corrected chi connectivity index (χ2v) is 8.09. The van der Waals surface area contributed by atoms with Crippen LogP contribution < -0.4 is 9.46 Å². The van der Waals surface area contributed by atoms with Gasteiger partial charge in [0.25, 0.3) is 0 Å². The number of aromatic nitrogens is 5. The summed E-state index contributed by atoms with van der Waals surface area (Å²) in [6.45, 7) is 6.58. The molecule has 0 radical (unpaired) electrons. The smallest absolute Gasteiger partial charge is 0.231 e. The lowest BCUT2D eigenvalue weighted by Gasteiger charge is -2.18. The van der Waals surface area contributed by atoms with Gasteiger partial charge in [-0.2, -0.15) is 0 Å². The number of pyridine rings is 1. The molecule has 0 aliphatic heterocycles. The van der Waals surface area contributed by atoms with E-state index in [1.54, 1.807) is 6.07 Å². The first kappa shape index (κ1) is 20.0. The summed E-state index contributed by atoms with van der Waals surface area (Å²) in [6, 6.07) is 5.63. The zero-order valence-electron chi connectivity index (χ0n) is 16.4. The normalized spacial score (nSPS) is 11.9. The highest BCUT2D eigenvalue weighted by Crippen LogP contribution is 2.30. The minimum absolute atomic E-state index is 0.111. The summed E-state index contributed by atoms with van der Waals surface area (Å²) in [5.74, 6) is 1.30. The number of anilines is 1. The lowest BCUT2D eigenvalue weighted by Crippen LogP contribution is -2.13. The number of nitrogens with one attached hydrogen (secondary N) is 1. The number of hydrogen-bond acceptors (Lipinski definition) is 7. The van der Waals surface area contributed by atoms with Crippen LogP contribution in [0.1, 0.15) is 39.7 Å². The molecular formula is C18H24N6O3S. The van der Waals surface area contributed by atoms with Crippen LogP contribution in [0.2, 0.25) is 0 Å². The second-order valence-electron chi connectivity index (χ2n) is 6.35. The average molecular weight is 404 g/mol. The summed E-state index contributed by atoms with van der Waals surface area (Å²) in [4.78, 5) is 18.0. The van der Waals surface area contributed by atoms with Crippen molar-refractivity contribution in [2.24, 2.45) is 0 Å². The first-order valence-corrected chi connectivity index (χ1v) is 11.1. The van der Waals surface area contributed by atoms with Gasteiger partial charge in [-0.05, 0) is 25.8 Å². The predicted octanol–water partition coefficient (Wildman–Crippen LogP) is 3.02. The molecular weight excluding hydrogens is 380 g/mol. The highest BCUT2D eigenvalue weighted by molar-refractivity contribution is 7.92. The average Bonchev–Trinajstić information content (AvgIpc) is 3.01. The molecule has 0 atom stereocenters. The van der Waals surface area contributed by atoms with E-state index in [1.807, 2.05) is 23.6 Å². The number of nitrogens with zero attached hydrogens (tertiary/aromatic N) is 5. The first-order chi connectivity index (χ1) is 13.4. The van der Waals surface area contributed by atoms with E-state index in [1.165, 1.54) is 6.20 Å². The van der Waals surface area contributed by atoms with Crippen LogP contribution in [0.5, 0.6) is 5.88 Å². The van der Waals surface area contributed by atoms with E-state index in [4.69, 9.17) is 4.74 Å². The van der Waals surface area contributed by atoms with E-state index in [9.17, 15) is 8.42 Å². The number of fused-ring (bicyclic) bond motifs is 1. The molecule has 0 spiro atoms. The molecule has 0 saturated heterocycles. The molecule has 3 heterocycles. The molecule has 10 heteroatoms. The largest absolute Gasteiger partial charge is 0.478 e. The van der Waals surface area contributed by atoms with Gasteiger partial charge in [-0.15, -0.1) is 0 Å². The van der Waals surface area contributed by atoms with E-state index < -0.39 is 10.0 Å². The van der Waals surface area contributed by atoms with E-state index >= 15 is 0 Å². The molecule has 0 aliphatic carbocycles. The molecule has 0 fully saturated rings. The van der Waals surface area contributed by atoms with Crippen LogP contribution in [0.3, 0.4) is 0 Å². The minimum atomic E-state index is -3.46. The van der Waals surface area contributed by atoms with E-state index in [0.29, 0.717) is 35.3 Å². The van der Waals surface area contributed by atoms with E-state index in [-0.39, 0.29) is 11.9 Å². The molecule has 3 aromatic rings. The third kappa shape index (κ3) is 4.22. The quantitative estimate of drug-likeness (QED) is 0.614. The Hall–Kier alpha value is -2.75. The van der Waals surface area contributed by atoms with Crippen LogP contribution in [0.25, 0.3) is 22.8 Å². The monoisotopic (exact) mass is 404 g/mol. The van der Waals surface area contributed by atoms with Crippen LogP contribution >= 0.6 is 0 Å². The van der Waals surface area contributed by atoms with Crippen molar-refractivity contribution >= 4 is 27.1 Å².